The molecule has 0 fully saturated rings. The first-order valence-electron chi connectivity index (χ1n) is 5.75. The highest BCUT2D eigenvalue weighted by molar-refractivity contribution is 7.98. The highest BCUT2D eigenvalue weighted by Gasteiger charge is 2.19. The Hall–Kier alpha value is -1.63. The molecule has 0 radical (unpaired) electrons. The van der Waals surface area contributed by atoms with Gasteiger partial charge in [0.2, 0.25) is 5.88 Å². The minimum atomic E-state index is -0.250. The summed E-state index contributed by atoms with van der Waals surface area (Å²) in [6.45, 7) is 0. The van der Waals surface area contributed by atoms with Crippen LogP contribution in [0.4, 0.5) is 0 Å². The fourth-order valence-electron chi connectivity index (χ4n) is 1.82. The lowest BCUT2D eigenvalue weighted by atomic mass is 10.0. The first-order valence-corrected chi connectivity index (χ1v) is 6.97. The number of nitrogens with one attached hydrogen (secondary N) is 1. The average molecular weight is 276 g/mol. The summed E-state index contributed by atoms with van der Waals surface area (Å²) in [5, 5.41) is 0. The number of methoxy groups -OCH3 is 1. The van der Waals surface area contributed by atoms with Crippen LogP contribution in [-0.2, 0) is 0 Å². The van der Waals surface area contributed by atoms with Crippen LogP contribution in [0.2, 0.25) is 0 Å². The third-order valence-corrected chi connectivity index (χ3v) is 3.52. The predicted molar refractivity (Wildman–Crippen MR) is 76.0 cm³/mol. The predicted octanol–water partition coefficient (Wildman–Crippen LogP) is 1.76. The smallest absolute Gasteiger partial charge is 0.237 e. The normalized spacial score (nSPS) is 12.2. The summed E-state index contributed by atoms with van der Waals surface area (Å²) in [5.41, 5.74) is 4.44. The van der Waals surface area contributed by atoms with Crippen molar-refractivity contribution in [1.82, 2.24) is 15.4 Å². The molecule has 0 aliphatic heterocycles. The van der Waals surface area contributed by atoms with Gasteiger partial charge in [0.1, 0.15) is 5.69 Å². The van der Waals surface area contributed by atoms with Crippen LogP contribution in [0.15, 0.2) is 41.6 Å². The summed E-state index contributed by atoms with van der Waals surface area (Å²) in [4.78, 5) is 9.64. The van der Waals surface area contributed by atoms with E-state index in [1.807, 2.05) is 30.5 Å². The molecule has 0 spiro atoms. The second-order valence-corrected chi connectivity index (χ2v) is 4.70. The Bertz CT molecular complexity index is 532. The summed E-state index contributed by atoms with van der Waals surface area (Å²) in [5.74, 6) is 6.12. The number of hydrogen-bond donors (Lipinski definition) is 2. The molecule has 0 aliphatic carbocycles. The quantitative estimate of drug-likeness (QED) is 0.492. The third kappa shape index (κ3) is 3.04. The largest absolute Gasteiger partial charge is 0.480 e. The molecule has 2 aromatic rings. The van der Waals surface area contributed by atoms with E-state index in [1.165, 1.54) is 4.90 Å². The lowest BCUT2D eigenvalue weighted by molar-refractivity contribution is 0.383. The molecule has 3 N–H and O–H groups in total. The number of aromatic nitrogens is 2. The van der Waals surface area contributed by atoms with Gasteiger partial charge in [-0.1, -0.05) is 12.1 Å². The van der Waals surface area contributed by atoms with Gasteiger partial charge in [-0.05, 0) is 24.0 Å². The Kier molecular flexibility index (Phi) is 4.73. The van der Waals surface area contributed by atoms with E-state index >= 15 is 0 Å². The number of hydrazine groups is 1. The molecule has 0 amide bonds. The lowest BCUT2D eigenvalue weighted by Crippen LogP contribution is -2.30. The Morgan fingerprint density at radius 3 is 2.47 bits per heavy atom. The Balaban J connectivity index is 2.37. The number of benzene rings is 1. The van der Waals surface area contributed by atoms with Crippen LogP contribution in [0.1, 0.15) is 17.3 Å². The number of ether oxygens (including phenoxy) is 1. The Morgan fingerprint density at radius 2 is 1.89 bits per heavy atom. The minimum Gasteiger partial charge on any atom is -0.480 e. The van der Waals surface area contributed by atoms with Gasteiger partial charge in [0, 0.05) is 17.3 Å². The summed E-state index contributed by atoms with van der Waals surface area (Å²) >= 11 is 1.70. The van der Waals surface area contributed by atoms with E-state index in [4.69, 9.17) is 10.6 Å². The SMILES string of the molecule is COc1nccnc1C(NN)c1ccc(SC)cc1. The number of nitrogens with zero attached hydrogens (tertiary/aromatic N) is 2. The summed E-state index contributed by atoms with van der Waals surface area (Å²) in [7, 11) is 1.57. The fourth-order valence-corrected chi connectivity index (χ4v) is 2.23. The first kappa shape index (κ1) is 13.8. The van der Waals surface area contributed by atoms with Gasteiger partial charge in [-0.3, -0.25) is 10.8 Å². The molecular weight excluding hydrogens is 260 g/mol. The van der Waals surface area contributed by atoms with Crippen molar-refractivity contribution in [3.05, 3.63) is 47.9 Å². The molecule has 19 heavy (non-hydrogen) atoms. The van der Waals surface area contributed by atoms with Crippen LogP contribution in [0.5, 0.6) is 5.88 Å². The van der Waals surface area contributed by atoms with Crippen LogP contribution in [0.25, 0.3) is 0 Å². The minimum absolute atomic E-state index is 0.250. The molecule has 0 saturated heterocycles. The van der Waals surface area contributed by atoms with E-state index in [9.17, 15) is 0 Å². The van der Waals surface area contributed by atoms with E-state index in [0.29, 0.717) is 11.6 Å². The van der Waals surface area contributed by atoms with Gasteiger partial charge in [0.05, 0.1) is 13.2 Å². The summed E-state index contributed by atoms with van der Waals surface area (Å²) in [6, 6.07) is 7.88. The van der Waals surface area contributed by atoms with Crippen molar-refractivity contribution in [3.8, 4) is 5.88 Å². The van der Waals surface area contributed by atoms with Gasteiger partial charge in [-0.15, -0.1) is 11.8 Å². The molecule has 6 heteroatoms. The standard InChI is InChI=1S/C13H16N4OS/c1-18-13-12(15-7-8-16-13)11(17-14)9-3-5-10(19-2)6-4-9/h3-8,11,17H,14H2,1-2H3. The molecule has 1 aromatic carbocycles. The van der Waals surface area contributed by atoms with Crippen LogP contribution in [0, 0.1) is 0 Å². The highest BCUT2D eigenvalue weighted by atomic mass is 32.2. The second-order valence-electron chi connectivity index (χ2n) is 3.82. The van der Waals surface area contributed by atoms with Crippen LogP contribution >= 0.6 is 11.8 Å². The second kappa shape index (κ2) is 6.51. The Morgan fingerprint density at radius 1 is 1.21 bits per heavy atom. The molecule has 1 atom stereocenters. The van der Waals surface area contributed by atoms with Gasteiger partial charge >= 0.3 is 0 Å². The van der Waals surface area contributed by atoms with E-state index in [2.05, 4.69) is 15.4 Å². The molecule has 2 rings (SSSR count). The Labute approximate surface area is 116 Å². The van der Waals surface area contributed by atoms with Crippen molar-refractivity contribution in [2.45, 2.75) is 10.9 Å². The van der Waals surface area contributed by atoms with E-state index in [0.717, 1.165) is 5.56 Å². The fraction of sp³-hybridized carbons (Fsp3) is 0.231. The molecule has 1 unspecified atom stereocenters. The van der Waals surface area contributed by atoms with Crippen molar-refractivity contribution in [2.24, 2.45) is 5.84 Å². The molecule has 1 heterocycles. The topological polar surface area (TPSA) is 73.1 Å². The van der Waals surface area contributed by atoms with Gasteiger partial charge in [0.15, 0.2) is 0 Å². The van der Waals surface area contributed by atoms with Crippen LogP contribution < -0.4 is 16.0 Å². The van der Waals surface area contributed by atoms with E-state index < -0.39 is 0 Å². The van der Waals surface area contributed by atoms with Crippen LogP contribution in [-0.4, -0.2) is 23.3 Å². The molecule has 0 saturated carbocycles. The maximum Gasteiger partial charge on any atom is 0.237 e. The average Bonchev–Trinajstić information content (AvgIpc) is 2.49. The molecule has 0 aliphatic rings. The van der Waals surface area contributed by atoms with Gasteiger partial charge in [-0.2, -0.15) is 0 Å². The summed E-state index contributed by atoms with van der Waals surface area (Å²) < 4.78 is 5.22. The zero-order valence-corrected chi connectivity index (χ0v) is 11.6. The van der Waals surface area contributed by atoms with Crippen molar-refractivity contribution in [3.63, 3.8) is 0 Å². The third-order valence-electron chi connectivity index (χ3n) is 2.77. The van der Waals surface area contributed by atoms with E-state index in [-0.39, 0.29) is 6.04 Å². The van der Waals surface area contributed by atoms with Crippen molar-refractivity contribution >= 4 is 11.8 Å². The maximum absolute atomic E-state index is 5.65. The number of nitrogens with two attached hydrogens (primary N) is 1. The van der Waals surface area contributed by atoms with Crippen molar-refractivity contribution < 1.29 is 4.74 Å². The lowest BCUT2D eigenvalue weighted by Gasteiger charge is -2.17. The highest BCUT2D eigenvalue weighted by Crippen LogP contribution is 2.27. The zero-order chi connectivity index (χ0) is 13.7. The van der Waals surface area contributed by atoms with Crippen LogP contribution in [0.3, 0.4) is 0 Å². The molecule has 5 nitrogen and oxygen atoms in total. The zero-order valence-electron chi connectivity index (χ0n) is 10.8. The molecular formula is C13H16N4OS. The maximum atomic E-state index is 5.65. The van der Waals surface area contributed by atoms with Crippen molar-refractivity contribution in [1.29, 1.82) is 0 Å². The van der Waals surface area contributed by atoms with Gasteiger partial charge in [0.25, 0.3) is 0 Å². The summed E-state index contributed by atoms with van der Waals surface area (Å²) in [6.07, 6.45) is 5.25. The van der Waals surface area contributed by atoms with Gasteiger partial charge in [-0.25, -0.2) is 10.4 Å². The monoisotopic (exact) mass is 276 g/mol. The number of hydrogen-bond acceptors (Lipinski definition) is 6. The van der Waals surface area contributed by atoms with E-state index in [1.54, 1.807) is 31.3 Å². The first-order chi connectivity index (χ1) is 9.30. The van der Waals surface area contributed by atoms with Crippen molar-refractivity contribution in [2.75, 3.05) is 13.4 Å². The number of thioether (sulfide) groups is 1. The molecule has 100 valence electrons. The molecule has 1 aromatic heterocycles. The molecule has 0 bridgehead atoms. The van der Waals surface area contributed by atoms with Gasteiger partial charge < -0.3 is 4.74 Å². The number of rotatable bonds is 5.